The molecule has 160 valence electrons. The number of aromatic nitrogens is 3. The van der Waals surface area contributed by atoms with Gasteiger partial charge in [0.05, 0.1) is 30.0 Å². The van der Waals surface area contributed by atoms with Crippen molar-refractivity contribution < 1.29 is 9.47 Å². The first-order valence-corrected chi connectivity index (χ1v) is 10.0. The standard InChI is InChI=1S/C20H24Cl2N6O2/c1-28(2)7-5-6-24-19-18-11(10-25-20(23)27-18)8-12(26-19)15-16(21)13(29-3)9-14(30-4)17(15)22/h8-10H,5-7H2,1-4H3,(H,24,26)(H2,23,25,27). The Labute approximate surface area is 185 Å². The van der Waals surface area contributed by atoms with Crippen LogP contribution in [0.3, 0.4) is 0 Å². The lowest BCUT2D eigenvalue weighted by Gasteiger charge is -2.16. The number of methoxy groups -OCH3 is 2. The molecule has 0 aliphatic heterocycles. The molecule has 0 aliphatic carbocycles. The number of rotatable bonds is 8. The van der Waals surface area contributed by atoms with Crippen LogP contribution in [-0.4, -0.2) is 61.3 Å². The van der Waals surface area contributed by atoms with Crippen molar-refractivity contribution in [2.45, 2.75) is 6.42 Å². The van der Waals surface area contributed by atoms with Crippen molar-refractivity contribution in [2.24, 2.45) is 0 Å². The lowest BCUT2D eigenvalue weighted by molar-refractivity contribution is 0.395. The highest BCUT2D eigenvalue weighted by atomic mass is 35.5. The molecule has 0 atom stereocenters. The van der Waals surface area contributed by atoms with Crippen molar-refractivity contribution in [3.8, 4) is 22.8 Å². The van der Waals surface area contributed by atoms with Crippen molar-refractivity contribution in [1.29, 1.82) is 0 Å². The van der Waals surface area contributed by atoms with Gasteiger partial charge in [-0.15, -0.1) is 0 Å². The molecule has 0 saturated carbocycles. The monoisotopic (exact) mass is 450 g/mol. The lowest BCUT2D eigenvalue weighted by atomic mass is 10.1. The van der Waals surface area contributed by atoms with E-state index in [0.29, 0.717) is 50.7 Å². The van der Waals surface area contributed by atoms with Gasteiger partial charge in [-0.25, -0.2) is 15.0 Å². The van der Waals surface area contributed by atoms with E-state index < -0.39 is 0 Å². The fraction of sp³-hybridized carbons (Fsp3) is 0.350. The summed E-state index contributed by atoms with van der Waals surface area (Å²) in [5.41, 5.74) is 7.47. The number of ether oxygens (including phenoxy) is 2. The summed E-state index contributed by atoms with van der Waals surface area (Å²) in [7, 11) is 7.12. The van der Waals surface area contributed by atoms with Crippen LogP contribution in [0.2, 0.25) is 10.0 Å². The molecule has 1 aromatic carbocycles. The molecule has 2 heterocycles. The van der Waals surface area contributed by atoms with Gasteiger partial charge < -0.3 is 25.4 Å². The normalized spacial score (nSPS) is 11.2. The number of fused-ring (bicyclic) bond motifs is 1. The van der Waals surface area contributed by atoms with E-state index in [-0.39, 0.29) is 5.95 Å². The van der Waals surface area contributed by atoms with E-state index in [9.17, 15) is 0 Å². The molecule has 2 aromatic heterocycles. The molecule has 3 rings (SSSR count). The van der Waals surface area contributed by atoms with Gasteiger partial charge in [-0.1, -0.05) is 23.2 Å². The smallest absolute Gasteiger partial charge is 0.220 e. The first kappa shape index (κ1) is 22.1. The van der Waals surface area contributed by atoms with Gasteiger partial charge in [-0.3, -0.25) is 0 Å². The number of anilines is 2. The maximum atomic E-state index is 6.59. The third-order valence-corrected chi connectivity index (χ3v) is 5.24. The van der Waals surface area contributed by atoms with Gasteiger partial charge in [-0.05, 0) is 33.1 Å². The number of nitrogens with one attached hydrogen (secondary N) is 1. The Bertz CT molecular complexity index is 1030. The van der Waals surface area contributed by atoms with Crippen LogP contribution in [0.5, 0.6) is 11.5 Å². The summed E-state index contributed by atoms with van der Waals surface area (Å²) in [4.78, 5) is 15.3. The third-order valence-electron chi connectivity index (χ3n) is 4.49. The van der Waals surface area contributed by atoms with E-state index in [4.69, 9.17) is 43.4 Å². The molecule has 0 unspecified atom stereocenters. The number of pyridine rings is 1. The van der Waals surface area contributed by atoms with E-state index in [1.165, 1.54) is 14.2 Å². The Balaban J connectivity index is 2.14. The average Bonchev–Trinajstić information content (AvgIpc) is 2.71. The number of hydrogen-bond acceptors (Lipinski definition) is 8. The van der Waals surface area contributed by atoms with Crippen LogP contribution in [0.25, 0.3) is 22.2 Å². The predicted molar refractivity (Wildman–Crippen MR) is 122 cm³/mol. The number of nitrogens with zero attached hydrogens (tertiary/aromatic N) is 4. The van der Waals surface area contributed by atoms with E-state index >= 15 is 0 Å². The van der Waals surface area contributed by atoms with Crippen LogP contribution in [0.15, 0.2) is 18.3 Å². The fourth-order valence-corrected chi connectivity index (χ4v) is 3.71. The highest BCUT2D eigenvalue weighted by molar-refractivity contribution is 6.41. The second kappa shape index (κ2) is 9.51. The number of hydrogen-bond donors (Lipinski definition) is 2. The minimum atomic E-state index is 0.174. The third kappa shape index (κ3) is 4.61. The molecule has 0 saturated heterocycles. The first-order valence-electron chi connectivity index (χ1n) is 9.28. The van der Waals surface area contributed by atoms with Crippen LogP contribution in [0.4, 0.5) is 11.8 Å². The zero-order chi connectivity index (χ0) is 21.8. The summed E-state index contributed by atoms with van der Waals surface area (Å²) in [5.74, 6) is 1.62. The van der Waals surface area contributed by atoms with E-state index in [0.717, 1.165) is 18.4 Å². The van der Waals surface area contributed by atoms with Gasteiger partial charge in [0.1, 0.15) is 17.0 Å². The number of benzene rings is 1. The molecule has 3 aromatic rings. The summed E-state index contributed by atoms with van der Waals surface area (Å²) in [6, 6.07) is 3.45. The van der Waals surface area contributed by atoms with E-state index in [2.05, 4.69) is 20.2 Å². The van der Waals surface area contributed by atoms with Gasteiger partial charge >= 0.3 is 0 Å². The van der Waals surface area contributed by atoms with Crippen LogP contribution < -0.4 is 20.5 Å². The largest absolute Gasteiger partial charge is 0.495 e. The van der Waals surface area contributed by atoms with Crippen LogP contribution in [0, 0.1) is 0 Å². The van der Waals surface area contributed by atoms with Crippen LogP contribution in [-0.2, 0) is 0 Å². The minimum Gasteiger partial charge on any atom is -0.495 e. The number of nitrogen functional groups attached to an aromatic ring is 1. The van der Waals surface area contributed by atoms with E-state index in [1.54, 1.807) is 12.3 Å². The summed E-state index contributed by atoms with van der Waals surface area (Å²) < 4.78 is 10.8. The molecule has 3 N–H and O–H groups in total. The van der Waals surface area contributed by atoms with Crippen molar-refractivity contribution in [2.75, 3.05) is 52.5 Å². The number of halogens is 2. The van der Waals surface area contributed by atoms with E-state index in [1.807, 2.05) is 20.2 Å². The first-order chi connectivity index (χ1) is 14.3. The quantitative estimate of drug-likeness (QED) is 0.497. The average molecular weight is 451 g/mol. The summed E-state index contributed by atoms with van der Waals surface area (Å²) in [6.07, 6.45) is 2.57. The predicted octanol–water partition coefficient (Wildman–Crippen LogP) is 3.96. The Morgan fingerprint density at radius 1 is 1.07 bits per heavy atom. The molecular formula is C20H24Cl2N6O2. The molecule has 8 nitrogen and oxygen atoms in total. The zero-order valence-corrected chi connectivity index (χ0v) is 18.8. The summed E-state index contributed by atoms with van der Waals surface area (Å²) in [5, 5.41) is 4.77. The molecule has 0 spiro atoms. The molecule has 0 amide bonds. The fourth-order valence-electron chi connectivity index (χ4n) is 3.02. The van der Waals surface area contributed by atoms with Crippen LogP contribution in [0.1, 0.15) is 6.42 Å². The SMILES string of the molecule is COc1cc(OC)c(Cl)c(-c2cc3cnc(N)nc3c(NCCCN(C)C)n2)c1Cl. The van der Waals surface area contributed by atoms with Gasteiger partial charge in [0.25, 0.3) is 0 Å². The topological polar surface area (TPSA) is 98.4 Å². The lowest BCUT2D eigenvalue weighted by Crippen LogP contribution is -2.17. The van der Waals surface area contributed by atoms with Crippen molar-refractivity contribution in [3.63, 3.8) is 0 Å². The van der Waals surface area contributed by atoms with Gasteiger partial charge in [-0.2, -0.15) is 0 Å². The van der Waals surface area contributed by atoms with Crippen molar-refractivity contribution in [3.05, 3.63) is 28.4 Å². The van der Waals surface area contributed by atoms with Gasteiger partial charge in [0, 0.05) is 29.8 Å². The minimum absolute atomic E-state index is 0.174. The summed E-state index contributed by atoms with van der Waals surface area (Å²) in [6.45, 7) is 1.64. The highest BCUT2D eigenvalue weighted by Gasteiger charge is 2.21. The molecule has 0 fully saturated rings. The molecular weight excluding hydrogens is 427 g/mol. The molecule has 0 bridgehead atoms. The molecule has 10 heteroatoms. The molecule has 0 aliphatic rings. The maximum absolute atomic E-state index is 6.59. The van der Waals surface area contributed by atoms with Crippen molar-refractivity contribution in [1.82, 2.24) is 19.9 Å². The molecule has 30 heavy (non-hydrogen) atoms. The Morgan fingerprint density at radius 2 is 1.73 bits per heavy atom. The Hall–Kier alpha value is -2.55. The highest BCUT2D eigenvalue weighted by Crippen LogP contribution is 2.46. The number of nitrogens with two attached hydrogens (primary N) is 1. The maximum Gasteiger partial charge on any atom is 0.220 e. The van der Waals surface area contributed by atoms with Gasteiger partial charge in [0.2, 0.25) is 5.95 Å². The van der Waals surface area contributed by atoms with Crippen molar-refractivity contribution >= 4 is 45.9 Å². The zero-order valence-electron chi connectivity index (χ0n) is 17.3. The van der Waals surface area contributed by atoms with Gasteiger partial charge in [0.15, 0.2) is 5.82 Å². The summed E-state index contributed by atoms with van der Waals surface area (Å²) >= 11 is 13.2. The second-order valence-electron chi connectivity index (χ2n) is 6.89. The van der Waals surface area contributed by atoms with Crippen LogP contribution >= 0.6 is 23.2 Å². The Morgan fingerprint density at radius 3 is 2.33 bits per heavy atom. The molecule has 0 radical (unpaired) electrons. The Kier molecular flexibility index (Phi) is 7.02. The second-order valence-corrected chi connectivity index (χ2v) is 7.65.